The monoisotopic (exact) mass is 321 g/mol. The molecule has 0 aliphatic rings. The third kappa shape index (κ3) is 3.96. The lowest BCUT2D eigenvalue weighted by Crippen LogP contribution is -2.21. The summed E-state index contributed by atoms with van der Waals surface area (Å²) in [6.07, 6.45) is 3.15. The van der Waals surface area contributed by atoms with Gasteiger partial charge in [-0.25, -0.2) is 9.18 Å². The van der Waals surface area contributed by atoms with E-state index in [9.17, 15) is 14.0 Å². The Kier molecular flexibility index (Phi) is 5.87. The molecule has 0 atom stereocenters. The zero-order valence-corrected chi connectivity index (χ0v) is 13.3. The van der Waals surface area contributed by atoms with Crippen LogP contribution in [0, 0.1) is 5.82 Å². The number of aromatic nitrogens is 1. The summed E-state index contributed by atoms with van der Waals surface area (Å²) in [7, 11) is 1.64. The molecule has 0 spiro atoms. The van der Waals surface area contributed by atoms with Gasteiger partial charge >= 0.3 is 5.97 Å². The molecule has 5 nitrogen and oxygen atoms in total. The Hall–Kier alpha value is -2.21. The number of pyridine rings is 1. The molecule has 0 unspecified atom stereocenters. The van der Waals surface area contributed by atoms with Gasteiger partial charge in [-0.05, 0) is 38.0 Å². The van der Waals surface area contributed by atoms with Crippen molar-refractivity contribution in [3.63, 3.8) is 0 Å². The smallest absolute Gasteiger partial charge is 0.343 e. The molecule has 2 aromatic rings. The van der Waals surface area contributed by atoms with E-state index >= 15 is 0 Å². The van der Waals surface area contributed by atoms with Crippen LogP contribution in [0.3, 0.4) is 0 Å². The normalized spacial score (nSPS) is 10.9. The molecule has 124 valence electrons. The van der Waals surface area contributed by atoms with E-state index in [1.165, 1.54) is 12.3 Å². The van der Waals surface area contributed by atoms with Crippen LogP contribution in [0.2, 0.25) is 0 Å². The number of rotatable bonds is 7. The first-order valence-corrected chi connectivity index (χ1v) is 7.57. The summed E-state index contributed by atoms with van der Waals surface area (Å²) < 4.78 is 25.2. The zero-order valence-electron chi connectivity index (χ0n) is 13.3. The maximum Gasteiger partial charge on any atom is 0.343 e. The summed E-state index contributed by atoms with van der Waals surface area (Å²) in [5, 5.41) is 0.183. The van der Waals surface area contributed by atoms with Crippen molar-refractivity contribution in [1.82, 2.24) is 4.57 Å². The number of ether oxygens (including phenoxy) is 2. The second-order valence-corrected chi connectivity index (χ2v) is 5.15. The molecule has 0 fully saturated rings. The van der Waals surface area contributed by atoms with Crippen molar-refractivity contribution in [2.75, 3.05) is 20.3 Å². The van der Waals surface area contributed by atoms with Gasteiger partial charge in [0.1, 0.15) is 11.4 Å². The summed E-state index contributed by atoms with van der Waals surface area (Å²) in [5.74, 6) is -1.20. The van der Waals surface area contributed by atoms with E-state index in [1.54, 1.807) is 24.7 Å². The number of carbonyl (C=O) groups is 1. The van der Waals surface area contributed by atoms with Crippen LogP contribution in [0.15, 0.2) is 29.2 Å². The molecule has 0 saturated heterocycles. The van der Waals surface area contributed by atoms with E-state index in [1.807, 2.05) is 0 Å². The molecule has 6 heteroatoms. The predicted molar refractivity (Wildman–Crippen MR) is 85.2 cm³/mol. The Bertz CT molecular complexity index is 754. The highest BCUT2D eigenvalue weighted by atomic mass is 19.1. The summed E-state index contributed by atoms with van der Waals surface area (Å²) in [4.78, 5) is 24.4. The average Bonchev–Trinajstić information content (AvgIpc) is 2.53. The maximum absolute atomic E-state index is 13.5. The number of nitrogens with zero attached hydrogens (tertiary/aromatic N) is 1. The topological polar surface area (TPSA) is 57.5 Å². The van der Waals surface area contributed by atoms with Gasteiger partial charge in [0.15, 0.2) is 0 Å². The Labute approximate surface area is 133 Å². The lowest BCUT2D eigenvalue weighted by Gasteiger charge is -2.13. The van der Waals surface area contributed by atoms with Crippen LogP contribution < -0.4 is 5.43 Å². The van der Waals surface area contributed by atoms with E-state index < -0.39 is 17.2 Å². The molecule has 0 radical (unpaired) electrons. The Morgan fingerprint density at radius 1 is 1.30 bits per heavy atom. The molecule has 0 saturated carbocycles. The van der Waals surface area contributed by atoms with Crippen molar-refractivity contribution < 1.29 is 18.7 Å². The van der Waals surface area contributed by atoms with Gasteiger partial charge in [-0.1, -0.05) is 0 Å². The number of hydrogen-bond acceptors (Lipinski definition) is 4. The number of unbranched alkanes of at least 4 members (excludes halogenated alkanes) is 1. The Balaban J connectivity index is 2.48. The third-order valence-electron chi connectivity index (χ3n) is 3.54. The number of hydrogen-bond donors (Lipinski definition) is 0. The fourth-order valence-corrected chi connectivity index (χ4v) is 2.44. The molecular formula is C17H20FNO4. The number of esters is 1. The molecule has 1 aromatic heterocycles. The summed E-state index contributed by atoms with van der Waals surface area (Å²) >= 11 is 0. The molecule has 0 amide bonds. The first kappa shape index (κ1) is 17.1. The minimum absolute atomic E-state index is 0.0725. The number of aryl methyl sites for hydroxylation is 1. The van der Waals surface area contributed by atoms with Crippen LogP contribution in [-0.2, 0) is 16.0 Å². The van der Waals surface area contributed by atoms with Crippen LogP contribution in [0.5, 0.6) is 0 Å². The van der Waals surface area contributed by atoms with E-state index in [2.05, 4.69) is 0 Å². The number of fused-ring (bicyclic) bond motifs is 1. The second kappa shape index (κ2) is 7.87. The largest absolute Gasteiger partial charge is 0.462 e. The molecule has 23 heavy (non-hydrogen) atoms. The fraction of sp³-hybridized carbons (Fsp3) is 0.412. The first-order valence-electron chi connectivity index (χ1n) is 7.57. The highest BCUT2D eigenvalue weighted by Gasteiger charge is 2.16. The van der Waals surface area contributed by atoms with Crippen molar-refractivity contribution in [2.24, 2.45) is 0 Å². The predicted octanol–water partition coefficient (Wildman–Crippen LogP) is 2.74. The van der Waals surface area contributed by atoms with Crippen molar-refractivity contribution in [3.8, 4) is 0 Å². The van der Waals surface area contributed by atoms with E-state index in [0.29, 0.717) is 18.7 Å². The lowest BCUT2D eigenvalue weighted by molar-refractivity contribution is 0.0524. The van der Waals surface area contributed by atoms with Gasteiger partial charge in [-0.3, -0.25) is 4.79 Å². The van der Waals surface area contributed by atoms with Gasteiger partial charge in [0.25, 0.3) is 0 Å². The second-order valence-electron chi connectivity index (χ2n) is 5.15. The van der Waals surface area contributed by atoms with Gasteiger partial charge in [-0.15, -0.1) is 0 Å². The Morgan fingerprint density at radius 2 is 2.09 bits per heavy atom. The van der Waals surface area contributed by atoms with Gasteiger partial charge in [0, 0.05) is 31.8 Å². The molecule has 0 N–H and O–H groups in total. The van der Waals surface area contributed by atoms with Crippen LogP contribution in [0.1, 0.15) is 30.1 Å². The van der Waals surface area contributed by atoms with Crippen molar-refractivity contribution in [3.05, 3.63) is 46.0 Å². The molecule has 1 aromatic carbocycles. The summed E-state index contributed by atoms with van der Waals surface area (Å²) in [6, 6.07) is 4.01. The maximum atomic E-state index is 13.5. The van der Waals surface area contributed by atoms with E-state index in [0.717, 1.165) is 18.9 Å². The molecule has 0 aliphatic heterocycles. The molecule has 2 rings (SSSR count). The van der Waals surface area contributed by atoms with Gasteiger partial charge in [0.2, 0.25) is 5.43 Å². The number of carbonyl (C=O) groups excluding carboxylic acids is 1. The minimum atomic E-state index is -0.686. The standard InChI is InChI=1S/C17H20FNO4/c1-3-23-17(21)14-11-19(8-4-5-9-22-2)15-7-6-12(18)10-13(15)16(14)20/h6-7,10-11H,3-5,8-9H2,1-2H3. The van der Waals surface area contributed by atoms with E-state index in [-0.39, 0.29) is 17.6 Å². The quantitative estimate of drug-likeness (QED) is 0.581. The fourth-order valence-electron chi connectivity index (χ4n) is 2.44. The third-order valence-corrected chi connectivity index (χ3v) is 3.54. The van der Waals surface area contributed by atoms with Crippen molar-refractivity contribution in [2.45, 2.75) is 26.3 Å². The van der Waals surface area contributed by atoms with Crippen molar-refractivity contribution >= 4 is 16.9 Å². The average molecular weight is 321 g/mol. The van der Waals surface area contributed by atoms with Crippen LogP contribution in [-0.4, -0.2) is 30.9 Å². The molecule has 1 heterocycles. The zero-order chi connectivity index (χ0) is 16.8. The van der Waals surface area contributed by atoms with Crippen molar-refractivity contribution in [1.29, 1.82) is 0 Å². The number of methoxy groups -OCH3 is 1. The molecular weight excluding hydrogens is 301 g/mol. The SMILES string of the molecule is CCOC(=O)c1cn(CCCCOC)c2ccc(F)cc2c1=O. The highest BCUT2D eigenvalue weighted by Crippen LogP contribution is 2.15. The molecule has 0 aliphatic carbocycles. The Morgan fingerprint density at radius 3 is 2.78 bits per heavy atom. The van der Waals surface area contributed by atoms with Gasteiger partial charge in [0.05, 0.1) is 12.1 Å². The number of benzene rings is 1. The van der Waals surface area contributed by atoms with E-state index in [4.69, 9.17) is 9.47 Å². The van der Waals surface area contributed by atoms with Gasteiger partial charge < -0.3 is 14.0 Å². The first-order chi connectivity index (χ1) is 11.1. The van der Waals surface area contributed by atoms with Crippen LogP contribution >= 0.6 is 0 Å². The van der Waals surface area contributed by atoms with Gasteiger partial charge in [-0.2, -0.15) is 0 Å². The van der Waals surface area contributed by atoms with Crippen LogP contribution in [0.25, 0.3) is 10.9 Å². The summed E-state index contributed by atoms with van der Waals surface area (Å²) in [5.41, 5.74) is 0.0182. The number of halogens is 1. The van der Waals surface area contributed by atoms with Crippen LogP contribution in [0.4, 0.5) is 4.39 Å². The summed E-state index contributed by atoms with van der Waals surface area (Å²) in [6.45, 7) is 3.07. The lowest BCUT2D eigenvalue weighted by atomic mass is 10.1. The molecule has 0 bridgehead atoms. The minimum Gasteiger partial charge on any atom is -0.462 e. The highest BCUT2D eigenvalue weighted by molar-refractivity contribution is 5.93.